The molecule has 18 heavy (non-hydrogen) atoms. The van der Waals surface area contributed by atoms with Crippen LogP contribution in [0.5, 0.6) is 5.75 Å². The van der Waals surface area contributed by atoms with E-state index in [9.17, 15) is 0 Å². The molecule has 0 aliphatic heterocycles. The van der Waals surface area contributed by atoms with Crippen LogP contribution in [0, 0.1) is 6.92 Å². The van der Waals surface area contributed by atoms with E-state index in [4.69, 9.17) is 4.74 Å². The summed E-state index contributed by atoms with van der Waals surface area (Å²) in [5.41, 5.74) is 0.965. The lowest BCUT2D eigenvalue weighted by atomic mass is 10.1. The smallest absolute Gasteiger partial charge is 0.140 e. The third-order valence-electron chi connectivity index (χ3n) is 3.61. The minimum Gasteiger partial charge on any atom is -0.490 e. The van der Waals surface area contributed by atoms with Gasteiger partial charge in [0.25, 0.3) is 0 Å². The van der Waals surface area contributed by atoms with Gasteiger partial charge in [0, 0.05) is 18.8 Å². The Hall–Kier alpha value is -1.09. The third-order valence-corrected chi connectivity index (χ3v) is 3.61. The Morgan fingerprint density at radius 1 is 1.28 bits per heavy atom. The average molecular weight is 248 g/mol. The minimum atomic E-state index is 0.700. The fourth-order valence-electron chi connectivity index (χ4n) is 2.53. The van der Waals surface area contributed by atoms with Crippen LogP contribution < -0.4 is 10.1 Å². The van der Waals surface area contributed by atoms with E-state index in [1.54, 1.807) is 6.20 Å². The van der Waals surface area contributed by atoms with Crippen molar-refractivity contribution < 1.29 is 4.74 Å². The Morgan fingerprint density at radius 2 is 2.06 bits per heavy atom. The molecule has 1 N–H and O–H groups in total. The first kappa shape index (κ1) is 13.3. The number of rotatable bonds is 5. The molecule has 1 aromatic rings. The summed E-state index contributed by atoms with van der Waals surface area (Å²) in [5, 5.41) is 3.61. The highest BCUT2D eigenvalue weighted by Gasteiger charge is 2.10. The Bertz CT molecular complexity index is 346. The van der Waals surface area contributed by atoms with Gasteiger partial charge in [0.15, 0.2) is 0 Å². The molecule has 1 heterocycles. The van der Waals surface area contributed by atoms with E-state index in [0.717, 1.165) is 24.6 Å². The quantitative estimate of drug-likeness (QED) is 0.642. The fourth-order valence-corrected chi connectivity index (χ4v) is 2.53. The van der Waals surface area contributed by atoms with Crippen LogP contribution in [-0.4, -0.2) is 24.2 Å². The SMILES string of the molecule is Cc1ncccc1OCCNC1CCCCCC1. The number of nitrogens with one attached hydrogen (secondary N) is 1. The predicted molar refractivity (Wildman–Crippen MR) is 74.0 cm³/mol. The maximum Gasteiger partial charge on any atom is 0.140 e. The highest BCUT2D eigenvalue weighted by atomic mass is 16.5. The van der Waals surface area contributed by atoms with Gasteiger partial charge in [0.1, 0.15) is 12.4 Å². The van der Waals surface area contributed by atoms with Gasteiger partial charge >= 0.3 is 0 Å². The number of hydrogen-bond donors (Lipinski definition) is 1. The summed E-state index contributed by atoms with van der Waals surface area (Å²) in [6.45, 7) is 3.64. The number of nitrogens with zero attached hydrogens (tertiary/aromatic N) is 1. The van der Waals surface area contributed by atoms with Gasteiger partial charge in [-0.25, -0.2) is 0 Å². The second-order valence-corrected chi connectivity index (χ2v) is 5.08. The fraction of sp³-hybridized carbons (Fsp3) is 0.667. The zero-order valence-electron chi connectivity index (χ0n) is 11.3. The zero-order valence-corrected chi connectivity index (χ0v) is 11.3. The van der Waals surface area contributed by atoms with Crippen molar-refractivity contribution in [2.24, 2.45) is 0 Å². The van der Waals surface area contributed by atoms with Crippen molar-refractivity contribution >= 4 is 0 Å². The molecule has 1 aliphatic rings. The molecule has 0 unspecified atom stereocenters. The van der Waals surface area contributed by atoms with E-state index in [-0.39, 0.29) is 0 Å². The first-order valence-corrected chi connectivity index (χ1v) is 7.14. The lowest BCUT2D eigenvalue weighted by Gasteiger charge is -2.16. The summed E-state index contributed by atoms with van der Waals surface area (Å²) in [6.07, 6.45) is 10.0. The molecule has 1 saturated carbocycles. The number of pyridine rings is 1. The van der Waals surface area contributed by atoms with Crippen LogP contribution in [0.15, 0.2) is 18.3 Å². The summed E-state index contributed by atoms with van der Waals surface area (Å²) in [6, 6.07) is 4.60. The number of hydrogen-bond acceptors (Lipinski definition) is 3. The van der Waals surface area contributed by atoms with Crippen LogP contribution in [0.25, 0.3) is 0 Å². The molecule has 0 atom stereocenters. The highest BCUT2D eigenvalue weighted by molar-refractivity contribution is 5.25. The van der Waals surface area contributed by atoms with Crippen molar-refractivity contribution in [1.82, 2.24) is 10.3 Å². The molecule has 0 bridgehead atoms. The first-order valence-electron chi connectivity index (χ1n) is 7.14. The summed E-state index contributed by atoms with van der Waals surface area (Å²) in [4.78, 5) is 4.21. The minimum absolute atomic E-state index is 0.700. The third kappa shape index (κ3) is 4.30. The van der Waals surface area contributed by atoms with Crippen LogP contribution in [0.4, 0.5) is 0 Å². The van der Waals surface area contributed by atoms with Crippen molar-refractivity contribution in [2.45, 2.75) is 51.5 Å². The summed E-state index contributed by atoms with van der Waals surface area (Å²) in [7, 11) is 0. The van der Waals surface area contributed by atoms with E-state index in [2.05, 4.69) is 10.3 Å². The molecule has 0 aromatic carbocycles. The normalized spacial score (nSPS) is 17.4. The average Bonchev–Trinajstić information content (AvgIpc) is 2.65. The molecule has 3 heteroatoms. The van der Waals surface area contributed by atoms with Gasteiger partial charge in [0.05, 0.1) is 5.69 Å². The van der Waals surface area contributed by atoms with Crippen molar-refractivity contribution in [3.8, 4) is 5.75 Å². The van der Waals surface area contributed by atoms with Gasteiger partial charge in [-0.2, -0.15) is 0 Å². The maximum absolute atomic E-state index is 5.73. The largest absolute Gasteiger partial charge is 0.490 e. The molecule has 2 rings (SSSR count). The Labute approximate surface area is 110 Å². The van der Waals surface area contributed by atoms with Crippen LogP contribution in [0.1, 0.15) is 44.2 Å². The van der Waals surface area contributed by atoms with E-state index in [0.29, 0.717) is 6.04 Å². The molecule has 1 aliphatic carbocycles. The Morgan fingerprint density at radius 3 is 2.78 bits per heavy atom. The van der Waals surface area contributed by atoms with Crippen molar-refractivity contribution in [3.05, 3.63) is 24.0 Å². The summed E-state index contributed by atoms with van der Waals surface area (Å²) >= 11 is 0. The summed E-state index contributed by atoms with van der Waals surface area (Å²) < 4.78 is 5.73. The van der Waals surface area contributed by atoms with E-state index < -0.39 is 0 Å². The molecular weight excluding hydrogens is 224 g/mol. The van der Waals surface area contributed by atoms with Gasteiger partial charge in [-0.1, -0.05) is 25.7 Å². The first-order chi connectivity index (χ1) is 8.86. The molecule has 0 saturated heterocycles. The Balaban J connectivity index is 1.65. The topological polar surface area (TPSA) is 34.1 Å². The molecule has 1 fully saturated rings. The Kier molecular flexibility index (Phi) is 5.46. The van der Waals surface area contributed by atoms with Crippen molar-refractivity contribution in [1.29, 1.82) is 0 Å². The number of aryl methyl sites for hydroxylation is 1. The van der Waals surface area contributed by atoms with E-state index in [1.807, 2.05) is 19.1 Å². The zero-order chi connectivity index (χ0) is 12.6. The van der Waals surface area contributed by atoms with Crippen LogP contribution in [0.2, 0.25) is 0 Å². The van der Waals surface area contributed by atoms with Gasteiger partial charge in [-0.15, -0.1) is 0 Å². The van der Waals surface area contributed by atoms with E-state index >= 15 is 0 Å². The lowest BCUT2D eigenvalue weighted by Crippen LogP contribution is -2.32. The second kappa shape index (κ2) is 7.37. The van der Waals surface area contributed by atoms with Crippen molar-refractivity contribution in [3.63, 3.8) is 0 Å². The maximum atomic E-state index is 5.73. The van der Waals surface area contributed by atoms with Gasteiger partial charge in [0.2, 0.25) is 0 Å². The van der Waals surface area contributed by atoms with Gasteiger partial charge in [-0.05, 0) is 31.9 Å². The van der Waals surface area contributed by atoms with Gasteiger partial charge < -0.3 is 10.1 Å². The second-order valence-electron chi connectivity index (χ2n) is 5.08. The number of aromatic nitrogens is 1. The predicted octanol–water partition coefficient (Wildman–Crippen LogP) is 3.08. The monoisotopic (exact) mass is 248 g/mol. The molecular formula is C15H24N2O. The van der Waals surface area contributed by atoms with Crippen molar-refractivity contribution in [2.75, 3.05) is 13.2 Å². The van der Waals surface area contributed by atoms with Crippen LogP contribution in [-0.2, 0) is 0 Å². The molecule has 0 spiro atoms. The molecule has 0 amide bonds. The lowest BCUT2D eigenvalue weighted by molar-refractivity contribution is 0.297. The molecule has 3 nitrogen and oxygen atoms in total. The molecule has 1 aromatic heterocycles. The molecule has 0 radical (unpaired) electrons. The van der Waals surface area contributed by atoms with E-state index in [1.165, 1.54) is 38.5 Å². The van der Waals surface area contributed by atoms with Gasteiger partial charge in [-0.3, -0.25) is 4.98 Å². The summed E-state index contributed by atoms with van der Waals surface area (Å²) in [5.74, 6) is 0.903. The number of ether oxygens (including phenoxy) is 1. The van der Waals surface area contributed by atoms with Crippen LogP contribution in [0.3, 0.4) is 0 Å². The van der Waals surface area contributed by atoms with Crippen LogP contribution >= 0.6 is 0 Å². The molecule has 100 valence electrons. The highest BCUT2D eigenvalue weighted by Crippen LogP contribution is 2.17. The standard InChI is InChI=1S/C15H24N2O/c1-13-15(9-6-10-16-13)18-12-11-17-14-7-4-2-3-5-8-14/h6,9-10,14,17H,2-5,7-8,11-12H2,1H3.